The van der Waals surface area contributed by atoms with E-state index in [-0.39, 0.29) is 0 Å². The van der Waals surface area contributed by atoms with Gasteiger partial charge in [0.05, 0.1) is 6.20 Å². The van der Waals surface area contributed by atoms with E-state index in [1.807, 2.05) is 36.4 Å². The predicted molar refractivity (Wildman–Crippen MR) is 113 cm³/mol. The molecule has 152 valence electrons. The van der Waals surface area contributed by atoms with Gasteiger partial charge >= 0.3 is 0 Å². The van der Waals surface area contributed by atoms with Crippen molar-refractivity contribution in [1.82, 2.24) is 24.6 Å². The third kappa shape index (κ3) is 5.42. The van der Waals surface area contributed by atoms with Crippen LogP contribution in [0.5, 0.6) is 0 Å². The second-order valence-corrected chi connectivity index (χ2v) is 8.85. The third-order valence-corrected chi connectivity index (χ3v) is 6.45. The maximum absolute atomic E-state index is 4.37. The summed E-state index contributed by atoms with van der Waals surface area (Å²) in [4.78, 5) is 9.74. The van der Waals surface area contributed by atoms with Gasteiger partial charge in [-0.2, -0.15) is 5.10 Å². The van der Waals surface area contributed by atoms with Crippen LogP contribution in [-0.4, -0.2) is 50.2 Å². The Kier molecular flexibility index (Phi) is 6.76. The van der Waals surface area contributed by atoms with Gasteiger partial charge in [-0.15, -0.1) is 0 Å². The standard InChI is InChI=1S/C23H35N5/c1-26-15-22(14-25-26)18-27(16-20-7-5-11-24-13-20)17-21-8-6-12-28(19-21)23-9-3-2-4-10-23/h5,7,11,13-15,21,23H,2-4,6,8-10,12,16-19H2,1H3. The van der Waals surface area contributed by atoms with Crippen LogP contribution < -0.4 is 0 Å². The highest BCUT2D eigenvalue weighted by molar-refractivity contribution is 5.10. The first-order valence-corrected chi connectivity index (χ1v) is 11.1. The summed E-state index contributed by atoms with van der Waals surface area (Å²) in [6, 6.07) is 5.09. The van der Waals surface area contributed by atoms with Gasteiger partial charge in [0.25, 0.3) is 0 Å². The van der Waals surface area contributed by atoms with E-state index in [4.69, 9.17) is 0 Å². The van der Waals surface area contributed by atoms with E-state index in [1.54, 1.807) is 0 Å². The zero-order valence-corrected chi connectivity index (χ0v) is 17.3. The van der Waals surface area contributed by atoms with E-state index in [0.29, 0.717) is 0 Å². The summed E-state index contributed by atoms with van der Waals surface area (Å²) in [7, 11) is 2.00. The molecule has 2 aliphatic rings. The van der Waals surface area contributed by atoms with Crippen LogP contribution in [0.1, 0.15) is 56.1 Å². The fraction of sp³-hybridized carbons (Fsp3) is 0.652. The molecule has 0 spiro atoms. The van der Waals surface area contributed by atoms with Crippen LogP contribution >= 0.6 is 0 Å². The molecule has 1 aliphatic heterocycles. The molecule has 0 amide bonds. The van der Waals surface area contributed by atoms with Crippen molar-refractivity contribution in [3.63, 3.8) is 0 Å². The molecule has 1 atom stereocenters. The van der Waals surface area contributed by atoms with Crippen LogP contribution in [0.15, 0.2) is 36.9 Å². The zero-order valence-electron chi connectivity index (χ0n) is 17.3. The predicted octanol–water partition coefficient (Wildman–Crippen LogP) is 3.86. The van der Waals surface area contributed by atoms with Gasteiger partial charge in [0.1, 0.15) is 0 Å². The third-order valence-electron chi connectivity index (χ3n) is 6.45. The molecule has 1 saturated heterocycles. The van der Waals surface area contributed by atoms with Crippen molar-refractivity contribution < 1.29 is 0 Å². The Morgan fingerprint density at radius 1 is 1.04 bits per heavy atom. The summed E-state index contributed by atoms with van der Waals surface area (Å²) in [5, 5.41) is 4.37. The van der Waals surface area contributed by atoms with Gasteiger partial charge in [-0.3, -0.25) is 14.6 Å². The highest BCUT2D eigenvalue weighted by Gasteiger charge is 2.28. The normalized spacial score (nSPS) is 22.0. The highest BCUT2D eigenvalue weighted by atomic mass is 15.2. The van der Waals surface area contributed by atoms with Crippen molar-refractivity contribution >= 4 is 0 Å². The maximum Gasteiger partial charge on any atom is 0.0534 e. The van der Waals surface area contributed by atoms with E-state index in [2.05, 4.69) is 32.1 Å². The van der Waals surface area contributed by atoms with Crippen molar-refractivity contribution in [1.29, 1.82) is 0 Å². The van der Waals surface area contributed by atoms with Crippen molar-refractivity contribution in [2.75, 3.05) is 19.6 Å². The fourth-order valence-electron chi connectivity index (χ4n) is 5.14. The van der Waals surface area contributed by atoms with E-state index < -0.39 is 0 Å². The molecule has 0 radical (unpaired) electrons. The van der Waals surface area contributed by atoms with Crippen LogP contribution in [-0.2, 0) is 20.1 Å². The fourth-order valence-corrected chi connectivity index (χ4v) is 5.14. The van der Waals surface area contributed by atoms with Gasteiger partial charge in [0.2, 0.25) is 0 Å². The lowest BCUT2D eigenvalue weighted by atomic mass is 9.90. The van der Waals surface area contributed by atoms with Crippen LogP contribution in [0.2, 0.25) is 0 Å². The molecule has 1 unspecified atom stereocenters. The van der Waals surface area contributed by atoms with Crippen LogP contribution in [0.25, 0.3) is 0 Å². The number of nitrogens with zero attached hydrogens (tertiary/aromatic N) is 5. The van der Waals surface area contributed by atoms with E-state index in [0.717, 1.165) is 31.6 Å². The van der Waals surface area contributed by atoms with Crippen molar-refractivity contribution in [2.45, 2.75) is 64.1 Å². The van der Waals surface area contributed by atoms with Gasteiger partial charge in [0, 0.05) is 63.4 Å². The molecular weight excluding hydrogens is 346 g/mol. The molecule has 0 bridgehead atoms. The van der Waals surface area contributed by atoms with E-state index in [9.17, 15) is 0 Å². The second kappa shape index (κ2) is 9.66. The summed E-state index contributed by atoms with van der Waals surface area (Å²) in [5.41, 5.74) is 2.60. The largest absolute Gasteiger partial charge is 0.300 e. The smallest absolute Gasteiger partial charge is 0.0534 e. The monoisotopic (exact) mass is 381 g/mol. The molecule has 1 saturated carbocycles. The first-order chi connectivity index (χ1) is 13.8. The van der Waals surface area contributed by atoms with Gasteiger partial charge < -0.3 is 4.90 Å². The van der Waals surface area contributed by atoms with Gasteiger partial charge in [-0.1, -0.05) is 25.3 Å². The Morgan fingerprint density at radius 2 is 1.89 bits per heavy atom. The van der Waals surface area contributed by atoms with Gasteiger partial charge in [0.15, 0.2) is 0 Å². The summed E-state index contributed by atoms with van der Waals surface area (Å²) in [5.74, 6) is 0.768. The van der Waals surface area contributed by atoms with Crippen LogP contribution in [0.4, 0.5) is 0 Å². The van der Waals surface area contributed by atoms with Crippen molar-refractivity contribution in [3.8, 4) is 0 Å². The molecule has 5 nitrogen and oxygen atoms in total. The summed E-state index contributed by atoms with van der Waals surface area (Å²) >= 11 is 0. The molecule has 0 aromatic carbocycles. The number of pyridine rings is 1. The molecule has 2 aromatic rings. The summed E-state index contributed by atoms with van der Waals surface area (Å²) in [6.07, 6.45) is 17.9. The Bertz CT molecular complexity index is 707. The van der Waals surface area contributed by atoms with Crippen LogP contribution in [0.3, 0.4) is 0 Å². The Morgan fingerprint density at radius 3 is 2.64 bits per heavy atom. The highest BCUT2D eigenvalue weighted by Crippen LogP contribution is 2.28. The first-order valence-electron chi connectivity index (χ1n) is 11.1. The Labute approximate surface area is 169 Å². The lowest BCUT2D eigenvalue weighted by Crippen LogP contribution is -2.46. The zero-order chi connectivity index (χ0) is 19.2. The number of aromatic nitrogens is 3. The molecule has 5 heteroatoms. The lowest BCUT2D eigenvalue weighted by molar-refractivity contribution is 0.0771. The summed E-state index contributed by atoms with van der Waals surface area (Å²) < 4.78 is 1.91. The average Bonchev–Trinajstić information content (AvgIpc) is 3.14. The van der Waals surface area contributed by atoms with Crippen molar-refractivity contribution in [2.24, 2.45) is 13.0 Å². The second-order valence-electron chi connectivity index (χ2n) is 8.85. The Hall–Kier alpha value is -1.72. The average molecular weight is 382 g/mol. The minimum absolute atomic E-state index is 0.768. The van der Waals surface area contributed by atoms with Gasteiger partial charge in [-0.05, 0) is 49.8 Å². The Balaban J connectivity index is 1.40. The van der Waals surface area contributed by atoms with E-state index >= 15 is 0 Å². The topological polar surface area (TPSA) is 37.2 Å². The number of likely N-dealkylation sites (tertiary alicyclic amines) is 1. The molecule has 28 heavy (non-hydrogen) atoms. The quantitative estimate of drug-likeness (QED) is 0.730. The summed E-state index contributed by atoms with van der Waals surface area (Å²) in [6.45, 7) is 5.67. The minimum Gasteiger partial charge on any atom is -0.300 e. The molecule has 4 rings (SSSR count). The number of hydrogen-bond donors (Lipinski definition) is 0. The van der Waals surface area contributed by atoms with Gasteiger partial charge in [-0.25, -0.2) is 0 Å². The number of hydrogen-bond acceptors (Lipinski definition) is 4. The van der Waals surface area contributed by atoms with E-state index in [1.165, 1.54) is 69.2 Å². The first kappa shape index (κ1) is 19.6. The lowest BCUT2D eigenvalue weighted by Gasteiger charge is -2.41. The van der Waals surface area contributed by atoms with Crippen molar-refractivity contribution in [3.05, 3.63) is 48.0 Å². The number of rotatable bonds is 7. The molecule has 1 aliphatic carbocycles. The molecule has 2 aromatic heterocycles. The SMILES string of the molecule is Cn1cc(CN(Cc2cccnc2)CC2CCCN(C3CCCCC3)C2)cn1. The number of piperidine rings is 1. The molecular formula is C23H35N5. The maximum atomic E-state index is 4.37. The van der Waals surface area contributed by atoms with Crippen LogP contribution in [0, 0.1) is 5.92 Å². The molecule has 2 fully saturated rings. The molecule has 0 N–H and O–H groups in total. The number of aryl methyl sites for hydroxylation is 1. The minimum atomic E-state index is 0.768. The molecule has 3 heterocycles.